The summed E-state index contributed by atoms with van der Waals surface area (Å²) in [4.78, 5) is 17.5. The van der Waals surface area contributed by atoms with Crippen molar-refractivity contribution in [1.82, 2.24) is 24.7 Å². The molecule has 3 aromatic heterocycles. The lowest BCUT2D eigenvalue weighted by Crippen LogP contribution is -2.28. The number of anilines is 5. The molecule has 0 saturated carbocycles. The van der Waals surface area contributed by atoms with Crippen molar-refractivity contribution in [2.75, 3.05) is 35.8 Å². The zero-order valence-electron chi connectivity index (χ0n) is 19.8. The number of aromatic nitrogens is 5. The molecule has 2 N–H and O–H groups in total. The minimum Gasteiger partial charge on any atom is -0.378 e. The van der Waals surface area contributed by atoms with Crippen molar-refractivity contribution in [3.8, 4) is 11.8 Å². The number of aliphatic hydroxyl groups is 1. The molecule has 0 spiro atoms. The van der Waals surface area contributed by atoms with Gasteiger partial charge in [-0.05, 0) is 43.5 Å². The number of rotatable bonds is 5. The zero-order valence-corrected chi connectivity index (χ0v) is 20.6. The highest BCUT2D eigenvalue weighted by Crippen LogP contribution is 2.30. The molecule has 1 aliphatic rings. The first kappa shape index (κ1) is 22.8. The summed E-state index contributed by atoms with van der Waals surface area (Å²) in [6.45, 7) is 3.25. The Morgan fingerprint density at radius 3 is 2.83 bits per heavy atom. The first-order valence-corrected chi connectivity index (χ1v) is 12.2. The summed E-state index contributed by atoms with van der Waals surface area (Å²) in [5.41, 5.74) is 1.28. The van der Waals surface area contributed by atoms with E-state index in [1.54, 1.807) is 19.3 Å². The average molecular weight is 487 g/mol. The maximum absolute atomic E-state index is 10.7. The highest BCUT2D eigenvalue weighted by Gasteiger charge is 2.24. The fraction of sp³-hybridized carbons (Fsp3) is 0.280. The van der Waals surface area contributed by atoms with Gasteiger partial charge in [0.2, 0.25) is 5.95 Å². The Morgan fingerprint density at radius 1 is 1.14 bits per heavy atom. The molecule has 1 atom stereocenters. The quantitative estimate of drug-likeness (QED) is 0.412. The summed E-state index contributed by atoms with van der Waals surface area (Å²) in [6.07, 6.45) is 4.34. The summed E-state index contributed by atoms with van der Waals surface area (Å²) in [5, 5.41) is 21.0. The number of hydrogen-bond acceptors (Lipinski definition) is 9. The minimum absolute atomic E-state index is 0.523. The molecule has 0 amide bonds. The van der Waals surface area contributed by atoms with Gasteiger partial charge in [-0.25, -0.2) is 14.6 Å². The van der Waals surface area contributed by atoms with Crippen LogP contribution in [0.3, 0.4) is 0 Å². The first-order valence-electron chi connectivity index (χ1n) is 11.3. The van der Waals surface area contributed by atoms with Crippen molar-refractivity contribution >= 4 is 40.3 Å². The van der Waals surface area contributed by atoms with Crippen LogP contribution in [0.25, 0.3) is 0 Å². The van der Waals surface area contributed by atoms with Crippen LogP contribution in [0.1, 0.15) is 24.0 Å². The minimum atomic E-state index is -1.32. The van der Waals surface area contributed by atoms with E-state index in [-0.39, 0.29) is 0 Å². The van der Waals surface area contributed by atoms with Gasteiger partial charge in [-0.1, -0.05) is 12.0 Å². The van der Waals surface area contributed by atoms with Gasteiger partial charge < -0.3 is 20.2 Å². The van der Waals surface area contributed by atoms with Gasteiger partial charge in [0.1, 0.15) is 22.3 Å². The summed E-state index contributed by atoms with van der Waals surface area (Å²) in [5.74, 6) is 8.14. The fourth-order valence-corrected chi connectivity index (χ4v) is 4.48. The number of thiazole rings is 1. The van der Waals surface area contributed by atoms with Crippen LogP contribution in [0.15, 0.2) is 54.2 Å². The lowest BCUT2D eigenvalue weighted by atomic mass is 10.1. The third-order valence-corrected chi connectivity index (χ3v) is 6.59. The fourth-order valence-electron chi connectivity index (χ4n) is 3.83. The van der Waals surface area contributed by atoms with E-state index in [9.17, 15) is 5.11 Å². The van der Waals surface area contributed by atoms with Crippen molar-refractivity contribution in [3.63, 3.8) is 0 Å². The van der Waals surface area contributed by atoms with Gasteiger partial charge in [-0.2, -0.15) is 10.1 Å². The van der Waals surface area contributed by atoms with E-state index < -0.39 is 5.60 Å². The molecule has 1 aliphatic heterocycles. The highest BCUT2D eigenvalue weighted by molar-refractivity contribution is 7.09. The molecule has 0 bridgehead atoms. The maximum Gasteiger partial charge on any atom is 0.229 e. The van der Waals surface area contributed by atoms with Crippen LogP contribution in [0.4, 0.5) is 29.0 Å². The number of hydrogen-bond donors (Lipinski definition) is 2. The molecule has 4 heterocycles. The Labute approximate surface area is 208 Å². The molecule has 1 unspecified atom stereocenters. The van der Waals surface area contributed by atoms with Crippen LogP contribution < -0.4 is 15.1 Å². The molecule has 35 heavy (non-hydrogen) atoms. The maximum atomic E-state index is 10.7. The second-order valence-corrected chi connectivity index (χ2v) is 9.48. The van der Waals surface area contributed by atoms with Crippen LogP contribution in [0.2, 0.25) is 0 Å². The van der Waals surface area contributed by atoms with Crippen LogP contribution >= 0.6 is 11.3 Å². The van der Waals surface area contributed by atoms with Gasteiger partial charge in [-0.15, -0.1) is 11.3 Å². The zero-order chi connectivity index (χ0) is 24.4. The van der Waals surface area contributed by atoms with E-state index in [1.165, 1.54) is 11.3 Å². The summed E-state index contributed by atoms with van der Waals surface area (Å²) in [7, 11) is 4.02. The molecular weight excluding hydrogens is 460 g/mol. The molecule has 5 rings (SSSR count). The van der Waals surface area contributed by atoms with Crippen molar-refractivity contribution in [1.29, 1.82) is 0 Å². The molecule has 0 fully saturated rings. The topological polar surface area (TPSA) is 95.2 Å². The van der Waals surface area contributed by atoms with Gasteiger partial charge in [0.15, 0.2) is 5.60 Å². The number of nitrogens with one attached hydrogen (secondary N) is 1. The molecule has 0 saturated heterocycles. The van der Waals surface area contributed by atoms with E-state index in [0.717, 1.165) is 42.5 Å². The normalized spacial score (nSPS) is 14.5. The third-order valence-electron chi connectivity index (χ3n) is 5.61. The average Bonchev–Trinajstić information content (AvgIpc) is 3.54. The van der Waals surface area contributed by atoms with Crippen molar-refractivity contribution in [2.24, 2.45) is 0 Å². The van der Waals surface area contributed by atoms with Crippen LogP contribution in [-0.2, 0) is 12.1 Å². The Morgan fingerprint density at radius 2 is 2.03 bits per heavy atom. The highest BCUT2D eigenvalue weighted by atomic mass is 32.1. The summed E-state index contributed by atoms with van der Waals surface area (Å²) in [6, 6.07) is 11.9. The van der Waals surface area contributed by atoms with Gasteiger partial charge in [-0.3, -0.25) is 0 Å². The van der Waals surface area contributed by atoms with Crippen molar-refractivity contribution in [3.05, 3.63) is 64.9 Å². The van der Waals surface area contributed by atoms with Crippen LogP contribution in [-0.4, -0.2) is 50.5 Å². The summed E-state index contributed by atoms with van der Waals surface area (Å²) >= 11 is 1.37. The lowest BCUT2D eigenvalue weighted by Gasteiger charge is -2.28. The van der Waals surface area contributed by atoms with E-state index in [2.05, 4.69) is 43.2 Å². The molecule has 4 aromatic rings. The molecule has 1 aromatic carbocycles. The molecular formula is C25H26N8OS. The summed E-state index contributed by atoms with van der Waals surface area (Å²) < 4.78 is 1.93. The standard InChI is InChI=1S/C25H26N8OS/c1-25(34,23-26-12-15-35-23)10-8-19-17-22-32(13-5-14-33(22)30-19)21-9-11-27-24(29-21)28-18-6-4-7-20(16-18)31(2)3/h4,6-7,9,11-12,15-17,34H,5,13-14H2,1-3H3,(H,27,28,29). The number of fused-ring (bicyclic) bond motifs is 1. The first-order chi connectivity index (χ1) is 16.9. The largest absolute Gasteiger partial charge is 0.378 e. The van der Waals surface area contributed by atoms with Gasteiger partial charge in [0, 0.05) is 62.4 Å². The second kappa shape index (κ2) is 9.37. The van der Waals surface area contributed by atoms with Crippen LogP contribution in [0, 0.1) is 11.8 Å². The molecule has 0 aliphatic carbocycles. The Balaban J connectivity index is 1.39. The molecule has 0 radical (unpaired) electrons. The molecule has 10 heteroatoms. The molecule has 9 nitrogen and oxygen atoms in total. The van der Waals surface area contributed by atoms with Gasteiger partial charge in [0.25, 0.3) is 0 Å². The number of benzene rings is 1. The second-order valence-electron chi connectivity index (χ2n) is 8.58. The van der Waals surface area contributed by atoms with Crippen molar-refractivity contribution in [2.45, 2.75) is 25.5 Å². The third kappa shape index (κ3) is 4.96. The Hall–Kier alpha value is -3.94. The predicted molar refractivity (Wildman–Crippen MR) is 138 cm³/mol. The molecule has 178 valence electrons. The number of aryl methyl sites for hydroxylation is 1. The van der Waals surface area contributed by atoms with E-state index in [0.29, 0.717) is 16.6 Å². The Kier molecular flexibility index (Phi) is 6.11. The smallest absolute Gasteiger partial charge is 0.229 e. The van der Waals surface area contributed by atoms with Gasteiger partial charge >= 0.3 is 0 Å². The monoisotopic (exact) mass is 486 g/mol. The predicted octanol–water partition coefficient (Wildman–Crippen LogP) is 3.74. The van der Waals surface area contributed by atoms with Crippen LogP contribution in [0.5, 0.6) is 0 Å². The van der Waals surface area contributed by atoms with Gasteiger partial charge in [0.05, 0.1) is 0 Å². The Bertz CT molecular complexity index is 1380. The number of nitrogens with zero attached hydrogens (tertiary/aromatic N) is 7. The lowest BCUT2D eigenvalue weighted by molar-refractivity contribution is 0.122. The van der Waals surface area contributed by atoms with E-state index in [4.69, 9.17) is 4.98 Å². The van der Waals surface area contributed by atoms with E-state index in [1.807, 2.05) is 59.4 Å². The van der Waals surface area contributed by atoms with E-state index >= 15 is 0 Å². The van der Waals surface area contributed by atoms with Crippen molar-refractivity contribution < 1.29 is 5.11 Å². The SMILES string of the molecule is CN(C)c1cccc(Nc2nccc(N3CCCn4nc(C#CC(C)(O)c5nccs5)cc43)n2)c1.